The number of aromatic amines is 1. The third kappa shape index (κ3) is 2.08. The summed E-state index contributed by atoms with van der Waals surface area (Å²) in [7, 11) is 0. The van der Waals surface area contributed by atoms with Gasteiger partial charge in [-0.1, -0.05) is 6.92 Å². The Kier molecular flexibility index (Phi) is 2.47. The number of nitrogens with zero attached hydrogens (tertiary/aromatic N) is 1. The van der Waals surface area contributed by atoms with Crippen LogP contribution in [0.4, 0.5) is 0 Å². The van der Waals surface area contributed by atoms with Crippen molar-refractivity contribution in [1.29, 1.82) is 0 Å². The molecular formula is C8H12N2O2. The van der Waals surface area contributed by atoms with Crippen molar-refractivity contribution < 1.29 is 9.90 Å². The van der Waals surface area contributed by atoms with Gasteiger partial charge in [0.2, 0.25) is 0 Å². The average Bonchev–Trinajstić information content (AvgIpc) is 2.34. The van der Waals surface area contributed by atoms with Crippen LogP contribution in [-0.2, 0) is 4.79 Å². The standard InChI is InChI=1S/C8H12N2O2/c1-5(3-8(11)12)7-4-6(2)9-10-7/h4-5H,3H2,1-2H3,(H,9,10)(H,11,12). The highest BCUT2D eigenvalue weighted by molar-refractivity contribution is 5.67. The van der Waals surface area contributed by atoms with Crippen molar-refractivity contribution in [3.63, 3.8) is 0 Å². The van der Waals surface area contributed by atoms with E-state index in [1.54, 1.807) is 0 Å². The number of carboxylic acid groups (broad SMARTS) is 1. The number of rotatable bonds is 3. The Morgan fingerprint density at radius 3 is 2.92 bits per heavy atom. The molecule has 1 aromatic heterocycles. The molecular weight excluding hydrogens is 156 g/mol. The Morgan fingerprint density at radius 2 is 2.50 bits per heavy atom. The highest BCUT2D eigenvalue weighted by Crippen LogP contribution is 2.16. The maximum atomic E-state index is 10.4. The fourth-order valence-electron chi connectivity index (χ4n) is 1.06. The van der Waals surface area contributed by atoms with Crippen molar-refractivity contribution in [2.75, 3.05) is 0 Å². The van der Waals surface area contributed by atoms with Crippen LogP contribution < -0.4 is 0 Å². The topological polar surface area (TPSA) is 66.0 Å². The van der Waals surface area contributed by atoms with Gasteiger partial charge in [-0.05, 0) is 13.0 Å². The molecule has 0 saturated heterocycles. The molecule has 0 fully saturated rings. The van der Waals surface area contributed by atoms with Gasteiger partial charge in [-0.2, -0.15) is 5.10 Å². The first-order valence-corrected chi connectivity index (χ1v) is 3.83. The monoisotopic (exact) mass is 168 g/mol. The van der Waals surface area contributed by atoms with Gasteiger partial charge in [-0.25, -0.2) is 0 Å². The predicted molar refractivity (Wildman–Crippen MR) is 44.0 cm³/mol. The summed E-state index contributed by atoms with van der Waals surface area (Å²) in [5.74, 6) is -0.810. The Balaban J connectivity index is 2.64. The van der Waals surface area contributed by atoms with Crippen LogP contribution in [0.1, 0.15) is 30.7 Å². The van der Waals surface area contributed by atoms with Crippen LogP contribution in [0.5, 0.6) is 0 Å². The van der Waals surface area contributed by atoms with Crippen LogP contribution >= 0.6 is 0 Å². The normalized spacial score (nSPS) is 12.8. The number of nitrogens with one attached hydrogen (secondary N) is 1. The zero-order valence-electron chi connectivity index (χ0n) is 7.16. The third-order valence-corrected chi connectivity index (χ3v) is 1.71. The molecule has 0 spiro atoms. The maximum absolute atomic E-state index is 10.4. The van der Waals surface area contributed by atoms with Gasteiger partial charge in [0.15, 0.2) is 0 Å². The minimum absolute atomic E-state index is 0.0209. The summed E-state index contributed by atoms with van der Waals surface area (Å²) in [5.41, 5.74) is 1.78. The highest BCUT2D eigenvalue weighted by Gasteiger charge is 2.12. The van der Waals surface area contributed by atoms with E-state index in [0.29, 0.717) is 0 Å². The molecule has 1 aromatic rings. The first-order chi connectivity index (χ1) is 5.59. The molecule has 0 aromatic carbocycles. The van der Waals surface area contributed by atoms with E-state index in [4.69, 9.17) is 5.11 Å². The van der Waals surface area contributed by atoms with Crippen LogP contribution in [0, 0.1) is 6.92 Å². The average molecular weight is 168 g/mol. The molecule has 0 saturated carbocycles. The largest absolute Gasteiger partial charge is 0.481 e. The molecule has 1 rings (SSSR count). The number of carbonyl (C=O) groups is 1. The summed E-state index contributed by atoms with van der Waals surface area (Å²) in [5, 5.41) is 15.3. The first kappa shape index (κ1) is 8.77. The summed E-state index contributed by atoms with van der Waals surface area (Å²) < 4.78 is 0. The van der Waals surface area contributed by atoms with Gasteiger partial charge in [-0.15, -0.1) is 0 Å². The molecule has 2 N–H and O–H groups in total. The van der Waals surface area contributed by atoms with Crippen LogP contribution in [0.25, 0.3) is 0 Å². The van der Waals surface area contributed by atoms with Gasteiger partial charge in [0, 0.05) is 11.6 Å². The predicted octanol–water partition coefficient (Wildman–Crippen LogP) is 1.30. The molecule has 66 valence electrons. The quantitative estimate of drug-likeness (QED) is 0.714. The van der Waals surface area contributed by atoms with E-state index in [1.165, 1.54) is 0 Å². The lowest BCUT2D eigenvalue weighted by molar-refractivity contribution is -0.137. The molecule has 0 amide bonds. The van der Waals surface area contributed by atoms with Crippen molar-refractivity contribution in [3.8, 4) is 0 Å². The summed E-state index contributed by atoms with van der Waals surface area (Å²) >= 11 is 0. The Labute approximate surface area is 70.6 Å². The lowest BCUT2D eigenvalue weighted by atomic mass is 10.0. The molecule has 1 atom stereocenters. The Hall–Kier alpha value is -1.32. The molecule has 0 aliphatic carbocycles. The van der Waals surface area contributed by atoms with Crippen molar-refractivity contribution in [3.05, 3.63) is 17.5 Å². The summed E-state index contributed by atoms with van der Waals surface area (Å²) in [6, 6.07) is 1.87. The zero-order valence-corrected chi connectivity index (χ0v) is 7.16. The van der Waals surface area contributed by atoms with E-state index in [2.05, 4.69) is 10.2 Å². The number of aryl methyl sites for hydroxylation is 1. The molecule has 0 aliphatic rings. The second-order valence-corrected chi connectivity index (χ2v) is 2.97. The number of H-pyrrole nitrogens is 1. The van der Waals surface area contributed by atoms with E-state index in [9.17, 15) is 4.79 Å². The fourth-order valence-corrected chi connectivity index (χ4v) is 1.06. The van der Waals surface area contributed by atoms with Crippen molar-refractivity contribution in [2.45, 2.75) is 26.2 Å². The van der Waals surface area contributed by atoms with Crippen LogP contribution in [0.15, 0.2) is 6.07 Å². The lowest BCUT2D eigenvalue weighted by Crippen LogP contribution is -2.02. The Morgan fingerprint density at radius 1 is 1.83 bits per heavy atom. The highest BCUT2D eigenvalue weighted by atomic mass is 16.4. The molecule has 12 heavy (non-hydrogen) atoms. The summed E-state index contributed by atoms with van der Waals surface area (Å²) in [6.07, 6.45) is 0.129. The van der Waals surface area contributed by atoms with E-state index < -0.39 is 5.97 Å². The van der Waals surface area contributed by atoms with E-state index in [1.807, 2.05) is 19.9 Å². The van der Waals surface area contributed by atoms with Gasteiger partial charge < -0.3 is 5.11 Å². The van der Waals surface area contributed by atoms with E-state index in [-0.39, 0.29) is 12.3 Å². The molecule has 0 radical (unpaired) electrons. The van der Waals surface area contributed by atoms with Gasteiger partial charge in [0.25, 0.3) is 0 Å². The van der Waals surface area contributed by atoms with Crippen LogP contribution in [0.2, 0.25) is 0 Å². The van der Waals surface area contributed by atoms with Gasteiger partial charge >= 0.3 is 5.97 Å². The number of hydrogen-bond acceptors (Lipinski definition) is 2. The van der Waals surface area contributed by atoms with Gasteiger partial charge in [0.05, 0.1) is 12.1 Å². The van der Waals surface area contributed by atoms with E-state index in [0.717, 1.165) is 11.4 Å². The molecule has 0 bridgehead atoms. The van der Waals surface area contributed by atoms with Gasteiger partial charge in [0.1, 0.15) is 0 Å². The fraction of sp³-hybridized carbons (Fsp3) is 0.500. The minimum atomic E-state index is -0.789. The lowest BCUT2D eigenvalue weighted by Gasteiger charge is -2.02. The van der Waals surface area contributed by atoms with Crippen molar-refractivity contribution in [1.82, 2.24) is 10.2 Å². The van der Waals surface area contributed by atoms with E-state index >= 15 is 0 Å². The van der Waals surface area contributed by atoms with Crippen LogP contribution in [0.3, 0.4) is 0 Å². The second kappa shape index (κ2) is 3.38. The van der Waals surface area contributed by atoms with Crippen molar-refractivity contribution in [2.24, 2.45) is 0 Å². The first-order valence-electron chi connectivity index (χ1n) is 3.83. The number of carboxylic acids is 1. The SMILES string of the molecule is Cc1cc(C(C)CC(=O)O)n[nH]1. The molecule has 1 heterocycles. The molecule has 0 aliphatic heterocycles. The summed E-state index contributed by atoms with van der Waals surface area (Å²) in [6.45, 7) is 3.74. The molecule has 4 heteroatoms. The van der Waals surface area contributed by atoms with Crippen LogP contribution in [-0.4, -0.2) is 21.3 Å². The van der Waals surface area contributed by atoms with Crippen molar-refractivity contribution >= 4 is 5.97 Å². The number of hydrogen-bond donors (Lipinski definition) is 2. The minimum Gasteiger partial charge on any atom is -0.481 e. The number of aliphatic carboxylic acids is 1. The zero-order chi connectivity index (χ0) is 9.14. The summed E-state index contributed by atoms with van der Waals surface area (Å²) in [4.78, 5) is 10.4. The third-order valence-electron chi connectivity index (χ3n) is 1.71. The smallest absolute Gasteiger partial charge is 0.304 e. The second-order valence-electron chi connectivity index (χ2n) is 2.97. The van der Waals surface area contributed by atoms with Gasteiger partial charge in [-0.3, -0.25) is 9.89 Å². The number of aromatic nitrogens is 2. The maximum Gasteiger partial charge on any atom is 0.304 e. The Bertz CT molecular complexity index is 280. The molecule has 1 unspecified atom stereocenters. The molecule has 4 nitrogen and oxygen atoms in total.